The lowest BCUT2D eigenvalue weighted by atomic mass is 9.52. The van der Waals surface area contributed by atoms with Crippen LogP contribution in [0.15, 0.2) is 78.9 Å². The molecule has 0 saturated heterocycles. The molecular formula is C26H25NO. The fourth-order valence-electron chi connectivity index (χ4n) is 5.59. The number of benzene rings is 3. The van der Waals surface area contributed by atoms with Crippen molar-refractivity contribution in [2.45, 2.75) is 25.7 Å². The Bertz CT molecular complexity index is 976. The third-order valence-electron chi connectivity index (χ3n) is 6.60. The van der Waals surface area contributed by atoms with Crippen LogP contribution < -0.4 is 5.32 Å². The molecule has 0 aromatic heterocycles. The SMILES string of the molecule is CC(C)[C@H]1C2c3ccccc3C(c3ccccc32)[C@@H]1C(=O)Nc1ccccc1. The number of fused-ring (bicyclic) bond motifs is 1. The molecule has 0 aliphatic heterocycles. The highest BCUT2D eigenvalue weighted by Crippen LogP contribution is 2.60. The van der Waals surface area contributed by atoms with E-state index < -0.39 is 0 Å². The molecular weight excluding hydrogens is 342 g/mol. The lowest BCUT2D eigenvalue weighted by molar-refractivity contribution is -0.123. The third kappa shape index (κ3) is 2.51. The van der Waals surface area contributed by atoms with Crippen molar-refractivity contribution < 1.29 is 4.79 Å². The quantitative estimate of drug-likeness (QED) is 0.622. The van der Waals surface area contributed by atoms with E-state index in [9.17, 15) is 4.79 Å². The summed E-state index contributed by atoms with van der Waals surface area (Å²) in [6.07, 6.45) is 0. The fourth-order valence-corrected chi connectivity index (χ4v) is 5.59. The molecule has 6 rings (SSSR count). The van der Waals surface area contributed by atoms with E-state index in [0.29, 0.717) is 11.8 Å². The minimum atomic E-state index is -0.0602. The minimum absolute atomic E-state index is 0.0602. The lowest BCUT2D eigenvalue weighted by Gasteiger charge is -2.51. The van der Waals surface area contributed by atoms with Crippen molar-refractivity contribution in [3.63, 3.8) is 0 Å². The molecule has 3 aromatic carbocycles. The van der Waals surface area contributed by atoms with Crippen LogP contribution in [-0.2, 0) is 4.79 Å². The number of hydrogen-bond acceptors (Lipinski definition) is 1. The van der Waals surface area contributed by atoms with Gasteiger partial charge in [0, 0.05) is 17.5 Å². The number of para-hydroxylation sites is 1. The molecule has 3 aliphatic rings. The summed E-state index contributed by atoms with van der Waals surface area (Å²) in [5.41, 5.74) is 6.35. The molecule has 2 atom stereocenters. The highest BCUT2D eigenvalue weighted by atomic mass is 16.1. The largest absolute Gasteiger partial charge is 0.326 e. The van der Waals surface area contributed by atoms with Gasteiger partial charge in [-0.25, -0.2) is 0 Å². The van der Waals surface area contributed by atoms with Crippen molar-refractivity contribution in [1.82, 2.24) is 0 Å². The van der Waals surface area contributed by atoms with Crippen molar-refractivity contribution in [3.05, 3.63) is 101 Å². The van der Waals surface area contributed by atoms with Crippen LogP contribution in [0.5, 0.6) is 0 Å². The summed E-state index contributed by atoms with van der Waals surface area (Å²) in [4.78, 5) is 13.6. The second kappa shape index (κ2) is 6.63. The lowest BCUT2D eigenvalue weighted by Crippen LogP contribution is -2.47. The molecule has 0 saturated carbocycles. The van der Waals surface area contributed by atoms with Gasteiger partial charge in [-0.3, -0.25) is 4.79 Å². The topological polar surface area (TPSA) is 29.1 Å². The Labute approximate surface area is 166 Å². The van der Waals surface area contributed by atoms with E-state index in [0.717, 1.165) is 5.69 Å². The number of hydrogen-bond donors (Lipinski definition) is 1. The van der Waals surface area contributed by atoms with Crippen LogP contribution in [0.4, 0.5) is 5.69 Å². The van der Waals surface area contributed by atoms with Gasteiger partial charge in [0.2, 0.25) is 5.91 Å². The number of anilines is 1. The van der Waals surface area contributed by atoms with Gasteiger partial charge in [0.05, 0.1) is 5.92 Å². The van der Waals surface area contributed by atoms with Crippen LogP contribution in [0.1, 0.15) is 47.9 Å². The van der Waals surface area contributed by atoms with Crippen molar-refractivity contribution in [2.75, 3.05) is 5.32 Å². The highest BCUT2D eigenvalue weighted by molar-refractivity contribution is 5.94. The summed E-state index contributed by atoms with van der Waals surface area (Å²) in [6.45, 7) is 4.53. The fraction of sp³-hybridized carbons (Fsp3) is 0.269. The molecule has 0 fully saturated rings. The van der Waals surface area contributed by atoms with E-state index in [1.54, 1.807) is 0 Å². The maximum absolute atomic E-state index is 13.6. The number of carbonyl (C=O) groups excluding carboxylic acids is 1. The second-order valence-corrected chi connectivity index (χ2v) is 8.42. The van der Waals surface area contributed by atoms with Crippen molar-refractivity contribution in [2.24, 2.45) is 17.8 Å². The van der Waals surface area contributed by atoms with E-state index in [4.69, 9.17) is 0 Å². The molecule has 0 spiro atoms. The van der Waals surface area contributed by atoms with Gasteiger partial charge >= 0.3 is 0 Å². The van der Waals surface area contributed by atoms with E-state index in [-0.39, 0.29) is 23.7 Å². The molecule has 1 amide bonds. The van der Waals surface area contributed by atoms with Crippen molar-refractivity contribution >= 4 is 11.6 Å². The Morgan fingerprint density at radius 2 is 1.18 bits per heavy atom. The summed E-state index contributed by atoms with van der Waals surface area (Å²) < 4.78 is 0. The second-order valence-electron chi connectivity index (χ2n) is 8.42. The Balaban J connectivity index is 1.66. The molecule has 3 aromatic rings. The molecule has 0 unspecified atom stereocenters. The predicted octanol–water partition coefficient (Wildman–Crippen LogP) is 5.80. The van der Waals surface area contributed by atoms with Crippen molar-refractivity contribution in [1.29, 1.82) is 0 Å². The average Bonchev–Trinajstić information content (AvgIpc) is 2.73. The van der Waals surface area contributed by atoms with E-state index in [2.05, 4.69) is 67.7 Å². The van der Waals surface area contributed by atoms with Crippen LogP contribution in [0.25, 0.3) is 0 Å². The standard InChI is InChI=1S/C26H25NO/c1-16(2)22-23-18-12-6-8-14-20(18)24(21-15-9-7-13-19(21)23)25(22)26(28)27-17-10-4-3-5-11-17/h3-16,22-25H,1-2H3,(H,27,28)/t22-,23?,24?,25+/m0/s1. The molecule has 2 heteroatoms. The van der Waals surface area contributed by atoms with E-state index in [1.807, 2.05) is 30.3 Å². The normalized spacial score (nSPS) is 24.5. The Morgan fingerprint density at radius 3 is 1.68 bits per heavy atom. The Morgan fingerprint density at radius 1 is 0.714 bits per heavy atom. The first kappa shape index (κ1) is 17.2. The molecule has 3 aliphatic carbocycles. The van der Waals surface area contributed by atoms with Gasteiger partial charge in [0.1, 0.15) is 0 Å². The number of nitrogens with one attached hydrogen (secondary N) is 1. The van der Waals surface area contributed by atoms with Crippen LogP contribution >= 0.6 is 0 Å². The molecule has 1 N–H and O–H groups in total. The first-order chi connectivity index (χ1) is 13.7. The maximum atomic E-state index is 13.6. The van der Waals surface area contributed by atoms with Gasteiger partial charge in [-0.2, -0.15) is 0 Å². The Kier molecular flexibility index (Phi) is 4.08. The average molecular weight is 367 g/mol. The minimum Gasteiger partial charge on any atom is -0.326 e. The van der Waals surface area contributed by atoms with Gasteiger partial charge in [-0.05, 0) is 46.2 Å². The predicted molar refractivity (Wildman–Crippen MR) is 113 cm³/mol. The maximum Gasteiger partial charge on any atom is 0.228 e. The van der Waals surface area contributed by atoms with Crippen LogP contribution in [0.2, 0.25) is 0 Å². The summed E-state index contributed by atoms with van der Waals surface area (Å²) in [5.74, 6) is 1.19. The zero-order chi connectivity index (χ0) is 19.3. The number of amides is 1. The molecule has 0 radical (unpaired) electrons. The van der Waals surface area contributed by atoms with Gasteiger partial charge < -0.3 is 5.32 Å². The molecule has 28 heavy (non-hydrogen) atoms. The first-order valence-corrected chi connectivity index (χ1v) is 10.2. The molecule has 2 bridgehead atoms. The summed E-state index contributed by atoms with van der Waals surface area (Å²) in [6, 6.07) is 27.3. The number of carbonyl (C=O) groups is 1. The Hall–Kier alpha value is -2.87. The summed E-state index contributed by atoms with van der Waals surface area (Å²) >= 11 is 0. The van der Waals surface area contributed by atoms with Crippen LogP contribution in [0, 0.1) is 17.8 Å². The van der Waals surface area contributed by atoms with E-state index >= 15 is 0 Å². The van der Waals surface area contributed by atoms with Gasteiger partial charge in [-0.1, -0.05) is 80.6 Å². The van der Waals surface area contributed by atoms with Gasteiger partial charge in [0.25, 0.3) is 0 Å². The third-order valence-corrected chi connectivity index (χ3v) is 6.60. The van der Waals surface area contributed by atoms with Gasteiger partial charge in [0.15, 0.2) is 0 Å². The smallest absolute Gasteiger partial charge is 0.228 e. The van der Waals surface area contributed by atoms with Crippen LogP contribution in [0.3, 0.4) is 0 Å². The van der Waals surface area contributed by atoms with E-state index in [1.165, 1.54) is 22.3 Å². The number of rotatable bonds is 3. The summed E-state index contributed by atoms with van der Waals surface area (Å²) in [7, 11) is 0. The first-order valence-electron chi connectivity index (χ1n) is 10.2. The zero-order valence-corrected chi connectivity index (χ0v) is 16.3. The molecule has 2 nitrogen and oxygen atoms in total. The van der Waals surface area contributed by atoms with Crippen molar-refractivity contribution in [3.8, 4) is 0 Å². The monoisotopic (exact) mass is 367 g/mol. The van der Waals surface area contributed by atoms with Gasteiger partial charge in [-0.15, -0.1) is 0 Å². The highest BCUT2D eigenvalue weighted by Gasteiger charge is 2.53. The van der Waals surface area contributed by atoms with Crippen LogP contribution in [-0.4, -0.2) is 5.91 Å². The molecule has 0 heterocycles. The molecule has 140 valence electrons. The summed E-state index contributed by atoms with van der Waals surface area (Å²) in [5, 5.41) is 3.20. The zero-order valence-electron chi connectivity index (χ0n) is 16.3.